The number of hydrogen-bond acceptors (Lipinski definition) is 0. The summed E-state index contributed by atoms with van der Waals surface area (Å²) in [5.41, 5.74) is 0.115. The van der Waals surface area contributed by atoms with E-state index in [0.717, 1.165) is 6.42 Å². The molecule has 0 rings (SSSR count). The van der Waals surface area contributed by atoms with Crippen LogP contribution in [-0.2, 0) is 0 Å². The molecule has 0 aliphatic carbocycles. The van der Waals surface area contributed by atoms with Crippen molar-refractivity contribution >= 4 is 0 Å². The van der Waals surface area contributed by atoms with Gasteiger partial charge in [0.25, 0.3) is 6.43 Å². The SMILES string of the molecule is CC/C=C\C=C(/C)C(F)F. The average molecular weight is 146 g/mol. The van der Waals surface area contributed by atoms with Crippen molar-refractivity contribution in [3.63, 3.8) is 0 Å². The fraction of sp³-hybridized carbons (Fsp3) is 0.500. The summed E-state index contributed by atoms with van der Waals surface area (Å²) in [6.07, 6.45) is 3.50. The lowest BCUT2D eigenvalue weighted by Crippen LogP contribution is -1.89. The molecule has 0 heterocycles. The number of allylic oxidation sites excluding steroid dienone is 4. The molecule has 58 valence electrons. The highest BCUT2D eigenvalue weighted by atomic mass is 19.3. The van der Waals surface area contributed by atoms with Crippen molar-refractivity contribution in [3.8, 4) is 0 Å². The fourth-order valence-corrected chi connectivity index (χ4v) is 0.429. The van der Waals surface area contributed by atoms with Gasteiger partial charge in [-0.25, -0.2) is 8.78 Å². The van der Waals surface area contributed by atoms with Gasteiger partial charge >= 0.3 is 0 Å². The van der Waals surface area contributed by atoms with Crippen LogP contribution in [0.15, 0.2) is 23.8 Å². The second kappa shape index (κ2) is 5.15. The predicted molar refractivity (Wildman–Crippen MR) is 39.2 cm³/mol. The molecule has 0 bridgehead atoms. The van der Waals surface area contributed by atoms with Gasteiger partial charge in [-0.2, -0.15) is 0 Å². The van der Waals surface area contributed by atoms with Gasteiger partial charge in [0.05, 0.1) is 0 Å². The molecule has 0 radical (unpaired) electrons. The lowest BCUT2D eigenvalue weighted by Gasteiger charge is -1.93. The summed E-state index contributed by atoms with van der Waals surface area (Å²) in [6.45, 7) is 3.38. The van der Waals surface area contributed by atoms with Crippen molar-refractivity contribution in [3.05, 3.63) is 23.8 Å². The van der Waals surface area contributed by atoms with Crippen molar-refractivity contribution in [2.45, 2.75) is 26.7 Å². The van der Waals surface area contributed by atoms with Crippen molar-refractivity contribution in [1.82, 2.24) is 0 Å². The van der Waals surface area contributed by atoms with Crippen LogP contribution >= 0.6 is 0 Å². The first-order valence-corrected chi connectivity index (χ1v) is 3.30. The molecule has 0 aromatic heterocycles. The Balaban J connectivity index is 3.79. The lowest BCUT2D eigenvalue weighted by atomic mass is 10.3. The fourth-order valence-electron chi connectivity index (χ4n) is 0.429. The third kappa shape index (κ3) is 4.24. The van der Waals surface area contributed by atoms with Gasteiger partial charge in [0.1, 0.15) is 0 Å². The van der Waals surface area contributed by atoms with Crippen molar-refractivity contribution in [1.29, 1.82) is 0 Å². The first kappa shape index (κ1) is 9.34. The van der Waals surface area contributed by atoms with E-state index >= 15 is 0 Å². The van der Waals surface area contributed by atoms with Gasteiger partial charge in [-0.15, -0.1) is 0 Å². The Morgan fingerprint density at radius 2 is 2.10 bits per heavy atom. The maximum atomic E-state index is 11.8. The van der Waals surface area contributed by atoms with Gasteiger partial charge in [-0.05, 0) is 18.9 Å². The molecule has 0 atom stereocenters. The highest BCUT2D eigenvalue weighted by Gasteiger charge is 2.01. The molecular weight excluding hydrogens is 134 g/mol. The summed E-state index contributed by atoms with van der Waals surface area (Å²) in [6, 6.07) is 0. The summed E-state index contributed by atoms with van der Waals surface area (Å²) in [7, 11) is 0. The smallest absolute Gasteiger partial charge is 0.205 e. The maximum absolute atomic E-state index is 11.8. The van der Waals surface area contributed by atoms with Crippen molar-refractivity contribution < 1.29 is 8.78 Å². The quantitative estimate of drug-likeness (QED) is 0.536. The largest absolute Gasteiger partial charge is 0.259 e. The lowest BCUT2D eigenvalue weighted by molar-refractivity contribution is 0.190. The van der Waals surface area contributed by atoms with Crippen LogP contribution < -0.4 is 0 Å². The van der Waals surface area contributed by atoms with Crippen LogP contribution in [0.4, 0.5) is 8.78 Å². The minimum absolute atomic E-state index is 0.115. The molecule has 0 saturated heterocycles. The molecule has 0 aliphatic heterocycles. The Kier molecular flexibility index (Phi) is 4.81. The monoisotopic (exact) mass is 146 g/mol. The van der Waals surface area contributed by atoms with E-state index in [1.54, 1.807) is 6.08 Å². The maximum Gasteiger partial charge on any atom is 0.259 e. The third-order valence-electron chi connectivity index (χ3n) is 1.08. The summed E-state index contributed by atoms with van der Waals surface area (Å²) in [5, 5.41) is 0. The third-order valence-corrected chi connectivity index (χ3v) is 1.08. The molecule has 0 aromatic carbocycles. The molecular formula is C8H12F2. The molecule has 0 N–H and O–H groups in total. The zero-order valence-corrected chi connectivity index (χ0v) is 6.27. The van der Waals surface area contributed by atoms with Gasteiger partial charge in [0.15, 0.2) is 0 Å². The van der Waals surface area contributed by atoms with Crippen LogP contribution in [-0.4, -0.2) is 6.43 Å². The van der Waals surface area contributed by atoms with Gasteiger partial charge < -0.3 is 0 Å². The predicted octanol–water partition coefficient (Wildman–Crippen LogP) is 3.16. The van der Waals surface area contributed by atoms with E-state index in [4.69, 9.17) is 0 Å². The van der Waals surface area contributed by atoms with Crippen LogP contribution in [0, 0.1) is 0 Å². The number of alkyl halides is 2. The highest BCUT2D eigenvalue weighted by Crippen LogP contribution is 2.06. The average Bonchev–Trinajstić information content (AvgIpc) is 1.88. The Morgan fingerprint density at radius 1 is 1.50 bits per heavy atom. The Hall–Kier alpha value is -0.660. The second-order valence-electron chi connectivity index (χ2n) is 2.05. The molecule has 0 fully saturated rings. The molecule has 0 unspecified atom stereocenters. The van der Waals surface area contributed by atoms with E-state index in [9.17, 15) is 8.78 Å². The standard InChI is InChI=1S/C8H12F2/c1-3-4-5-6-7(2)8(9)10/h4-6,8H,3H2,1-2H3/b5-4-,7-6+. The Bertz CT molecular complexity index is 134. The number of hydrogen-bond donors (Lipinski definition) is 0. The van der Waals surface area contributed by atoms with E-state index in [1.807, 2.05) is 13.0 Å². The molecule has 10 heavy (non-hydrogen) atoms. The van der Waals surface area contributed by atoms with Crippen molar-refractivity contribution in [2.75, 3.05) is 0 Å². The minimum atomic E-state index is -2.32. The first-order chi connectivity index (χ1) is 4.68. The van der Waals surface area contributed by atoms with Crippen molar-refractivity contribution in [2.24, 2.45) is 0 Å². The summed E-state index contributed by atoms with van der Waals surface area (Å²) in [4.78, 5) is 0. The van der Waals surface area contributed by atoms with Gasteiger partial charge in [-0.1, -0.05) is 25.2 Å². The second-order valence-corrected chi connectivity index (χ2v) is 2.05. The Morgan fingerprint density at radius 3 is 2.50 bits per heavy atom. The number of rotatable bonds is 3. The minimum Gasteiger partial charge on any atom is -0.205 e. The van der Waals surface area contributed by atoms with Crippen LogP contribution in [0.1, 0.15) is 20.3 Å². The first-order valence-electron chi connectivity index (χ1n) is 3.30. The van der Waals surface area contributed by atoms with E-state index in [0.29, 0.717) is 0 Å². The zero-order valence-electron chi connectivity index (χ0n) is 6.27. The number of halogens is 2. The molecule has 0 aliphatic rings. The van der Waals surface area contributed by atoms with Crippen LogP contribution in [0.5, 0.6) is 0 Å². The van der Waals surface area contributed by atoms with Gasteiger partial charge in [0, 0.05) is 0 Å². The van der Waals surface area contributed by atoms with Gasteiger partial charge in [0.2, 0.25) is 0 Å². The summed E-state index contributed by atoms with van der Waals surface area (Å²) in [5.74, 6) is 0. The summed E-state index contributed by atoms with van der Waals surface area (Å²) < 4.78 is 23.5. The van der Waals surface area contributed by atoms with Crippen LogP contribution in [0.2, 0.25) is 0 Å². The van der Waals surface area contributed by atoms with Gasteiger partial charge in [-0.3, -0.25) is 0 Å². The molecule has 0 aromatic rings. The zero-order chi connectivity index (χ0) is 7.98. The molecule has 0 nitrogen and oxygen atoms in total. The van der Waals surface area contributed by atoms with Crippen LogP contribution in [0.3, 0.4) is 0 Å². The van der Waals surface area contributed by atoms with E-state index in [2.05, 4.69) is 0 Å². The highest BCUT2D eigenvalue weighted by molar-refractivity contribution is 5.11. The molecule has 0 spiro atoms. The Labute approximate surface area is 60.2 Å². The molecule has 0 amide bonds. The normalized spacial score (nSPS) is 13.5. The topological polar surface area (TPSA) is 0 Å². The van der Waals surface area contributed by atoms with E-state index in [1.165, 1.54) is 13.0 Å². The summed E-state index contributed by atoms with van der Waals surface area (Å²) >= 11 is 0. The van der Waals surface area contributed by atoms with E-state index < -0.39 is 6.43 Å². The molecule has 0 saturated carbocycles. The van der Waals surface area contributed by atoms with Crippen LogP contribution in [0.25, 0.3) is 0 Å². The molecule has 2 heteroatoms. The van der Waals surface area contributed by atoms with E-state index in [-0.39, 0.29) is 5.57 Å².